The van der Waals surface area contributed by atoms with E-state index in [0.717, 1.165) is 5.39 Å². The molecule has 0 spiro atoms. The Kier molecular flexibility index (Phi) is 4.85. The van der Waals surface area contributed by atoms with Gasteiger partial charge < -0.3 is 0 Å². The molecule has 0 amide bonds. The Morgan fingerprint density at radius 1 is 0.361 bits per heavy atom. The average Bonchev–Trinajstić information content (AvgIpc) is 2.96. The van der Waals surface area contributed by atoms with Gasteiger partial charge >= 0.3 is 0 Å². The van der Waals surface area contributed by atoms with Gasteiger partial charge in [-0.15, -0.1) is 0 Å². The third-order valence-electron chi connectivity index (χ3n) is 7.13. The molecule has 0 aliphatic rings. The molecule has 0 bridgehead atoms. The SMILES string of the molecule is c1ccc(-c2cccc(-c3c4ccccc4c(-c4cncc5ccccc45)c4ccccc34)c2)cc1. The lowest BCUT2D eigenvalue weighted by atomic mass is 9.85. The molecule has 7 rings (SSSR count). The Bertz CT molecular complexity index is 1820. The first-order chi connectivity index (χ1) is 17.9. The van der Waals surface area contributed by atoms with Crippen LogP contribution in [0.3, 0.4) is 0 Å². The van der Waals surface area contributed by atoms with Gasteiger partial charge in [-0.1, -0.05) is 121 Å². The first-order valence-corrected chi connectivity index (χ1v) is 12.3. The fourth-order valence-electron chi connectivity index (χ4n) is 5.53. The summed E-state index contributed by atoms with van der Waals surface area (Å²) in [7, 11) is 0. The zero-order chi connectivity index (χ0) is 23.9. The lowest BCUT2D eigenvalue weighted by Crippen LogP contribution is -1.92. The van der Waals surface area contributed by atoms with Crippen LogP contribution in [0.25, 0.3) is 65.7 Å². The van der Waals surface area contributed by atoms with Gasteiger partial charge in [0.05, 0.1) is 0 Å². The molecule has 0 aliphatic carbocycles. The second-order valence-corrected chi connectivity index (χ2v) is 9.20. The van der Waals surface area contributed by atoms with Crippen LogP contribution < -0.4 is 0 Å². The van der Waals surface area contributed by atoms with Gasteiger partial charge in [-0.25, -0.2) is 0 Å². The fraction of sp³-hybridized carbons (Fsp3) is 0. The summed E-state index contributed by atoms with van der Waals surface area (Å²) < 4.78 is 0. The molecule has 0 unspecified atom stereocenters. The zero-order valence-corrected chi connectivity index (χ0v) is 19.7. The lowest BCUT2D eigenvalue weighted by Gasteiger charge is -2.19. The molecule has 6 aromatic carbocycles. The molecule has 0 aliphatic heterocycles. The molecular weight excluding hydrogens is 434 g/mol. The van der Waals surface area contributed by atoms with Crippen molar-refractivity contribution < 1.29 is 0 Å². The van der Waals surface area contributed by atoms with Gasteiger partial charge in [0, 0.05) is 23.3 Å². The minimum Gasteiger partial charge on any atom is -0.263 e. The van der Waals surface area contributed by atoms with Crippen molar-refractivity contribution in [3.63, 3.8) is 0 Å². The highest BCUT2D eigenvalue weighted by Gasteiger charge is 2.18. The maximum Gasteiger partial charge on any atom is 0.0353 e. The van der Waals surface area contributed by atoms with E-state index in [1.54, 1.807) is 0 Å². The minimum absolute atomic E-state index is 1.16. The first-order valence-electron chi connectivity index (χ1n) is 12.3. The summed E-state index contributed by atoms with van der Waals surface area (Å²) in [6.45, 7) is 0. The summed E-state index contributed by atoms with van der Waals surface area (Å²) in [5, 5.41) is 7.38. The van der Waals surface area contributed by atoms with Gasteiger partial charge in [0.1, 0.15) is 0 Å². The number of benzene rings is 6. The normalized spacial score (nSPS) is 11.3. The summed E-state index contributed by atoms with van der Waals surface area (Å²) in [4.78, 5) is 4.63. The van der Waals surface area contributed by atoms with Gasteiger partial charge in [0.25, 0.3) is 0 Å². The van der Waals surface area contributed by atoms with Crippen LogP contribution in [0.1, 0.15) is 0 Å². The standard InChI is InChI=1S/C35H23N/c1-2-11-24(12-3-1)25-14-10-15-26(21-25)34-29-17-6-8-19-31(29)35(32-20-9-7-18-30(32)34)33-23-36-22-27-13-4-5-16-28(27)33/h1-23H. The van der Waals surface area contributed by atoms with Gasteiger partial charge in [0.2, 0.25) is 0 Å². The Morgan fingerprint density at radius 2 is 0.889 bits per heavy atom. The Labute approximate surface area is 210 Å². The maximum absolute atomic E-state index is 4.63. The number of rotatable bonds is 3. The number of hydrogen-bond donors (Lipinski definition) is 0. The van der Waals surface area contributed by atoms with Crippen molar-refractivity contribution in [2.24, 2.45) is 0 Å². The predicted octanol–water partition coefficient (Wildman–Crippen LogP) is 9.54. The van der Waals surface area contributed by atoms with Gasteiger partial charge in [-0.05, 0) is 60.8 Å². The van der Waals surface area contributed by atoms with Crippen LogP contribution >= 0.6 is 0 Å². The van der Waals surface area contributed by atoms with Crippen molar-refractivity contribution in [3.05, 3.63) is 140 Å². The summed E-state index contributed by atoms with van der Waals surface area (Å²) in [5.74, 6) is 0. The molecule has 0 atom stereocenters. The molecule has 0 N–H and O–H groups in total. The molecule has 1 nitrogen and oxygen atoms in total. The summed E-state index contributed by atoms with van der Waals surface area (Å²) >= 11 is 0. The minimum atomic E-state index is 1.16. The van der Waals surface area contributed by atoms with Crippen molar-refractivity contribution in [2.45, 2.75) is 0 Å². The van der Waals surface area contributed by atoms with Gasteiger partial charge in [0.15, 0.2) is 0 Å². The highest BCUT2D eigenvalue weighted by Crippen LogP contribution is 2.45. The van der Waals surface area contributed by atoms with Crippen LogP contribution in [0.15, 0.2) is 140 Å². The van der Waals surface area contributed by atoms with E-state index in [2.05, 4.69) is 132 Å². The number of aromatic nitrogens is 1. The third kappa shape index (κ3) is 3.29. The number of fused-ring (bicyclic) bond motifs is 3. The summed E-state index contributed by atoms with van der Waals surface area (Å²) in [6.07, 6.45) is 3.97. The van der Waals surface area contributed by atoms with Crippen molar-refractivity contribution >= 4 is 32.3 Å². The molecule has 1 heteroatoms. The second kappa shape index (κ2) is 8.48. The highest BCUT2D eigenvalue weighted by atomic mass is 14.6. The Balaban J connectivity index is 1.59. The maximum atomic E-state index is 4.63. The van der Waals surface area contributed by atoms with E-state index < -0.39 is 0 Å². The fourth-order valence-corrected chi connectivity index (χ4v) is 5.53. The highest BCUT2D eigenvalue weighted by molar-refractivity contribution is 6.23. The molecule has 1 heterocycles. The van der Waals surface area contributed by atoms with E-state index in [-0.39, 0.29) is 0 Å². The number of hydrogen-bond acceptors (Lipinski definition) is 1. The topological polar surface area (TPSA) is 12.9 Å². The molecule has 7 aromatic rings. The molecule has 0 saturated heterocycles. The van der Waals surface area contributed by atoms with Crippen LogP contribution in [0, 0.1) is 0 Å². The van der Waals surface area contributed by atoms with Crippen LogP contribution in [-0.4, -0.2) is 4.98 Å². The molecule has 0 radical (unpaired) electrons. The van der Waals surface area contributed by atoms with Crippen molar-refractivity contribution in [2.75, 3.05) is 0 Å². The van der Waals surface area contributed by atoms with E-state index in [4.69, 9.17) is 0 Å². The zero-order valence-electron chi connectivity index (χ0n) is 19.7. The molecule has 168 valence electrons. The molecule has 1 aromatic heterocycles. The smallest absolute Gasteiger partial charge is 0.0353 e. The molecule has 36 heavy (non-hydrogen) atoms. The number of nitrogens with zero attached hydrogens (tertiary/aromatic N) is 1. The van der Waals surface area contributed by atoms with Crippen LogP contribution in [0.5, 0.6) is 0 Å². The van der Waals surface area contributed by atoms with Crippen molar-refractivity contribution in [3.8, 4) is 33.4 Å². The molecular formula is C35H23N. The van der Waals surface area contributed by atoms with Crippen LogP contribution in [0.2, 0.25) is 0 Å². The first kappa shape index (κ1) is 20.6. The molecule has 0 fully saturated rings. The largest absolute Gasteiger partial charge is 0.263 e. The average molecular weight is 458 g/mol. The van der Waals surface area contributed by atoms with Crippen LogP contribution in [-0.2, 0) is 0 Å². The van der Waals surface area contributed by atoms with Crippen LogP contribution in [0.4, 0.5) is 0 Å². The van der Waals surface area contributed by atoms with Gasteiger partial charge in [-0.2, -0.15) is 0 Å². The third-order valence-corrected chi connectivity index (χ3v) is 7.13. The Morgan fingerprint density at radius 3 is 1.58 bits per heavy atom. The molecule has 0 saturated carbocycles. The van der Waals surface area contributed by atoms with E-state index in [0.29, 0.717) is 0 Å². The van der Waals surface area contributed by atoms with Crippen molar-refractivity contribution in [1.82, 2.24) is 4.98 Å². The predicted molar refractivity (Wildman–Crippen MR) is 153 cm³/mol. The van der Waals surface area contributed by atoms with E-state index in [9.17, 15) is 0 Å². The Hall–Kier alpha value is -4.75. The van der Waals surface area contributed by atoms with Gasteiger partial charge in [-0.3, -0.25) is 4.98 Å². The van der Waals surface area contributed by atoms with E-state index in [1.165, 1.54) is 60.3 Å². The lowest BCUT2D eigenvalue weighted by molar-refractivity contribution is 1.37. The summed E-state index contributed by atoms with van der Waals surface area (Å²) in [5.41, 5.74) is 7.37. The van der Waals surface area contributed by atoms with Crippen molar-refractivity contribution in [1.29, 1.82) is 0 Å². The number of pyridine rings is 1. The second-order valence-electron chi connectivity index (χ2n) is 9.20. The van der Waals surface area contributed by atoms with E-state index in [1.807, 2.05) is 12.4 Å². The summed E-state index contributed by atoms with van der Waals surface area (Å²) in [6, 6.07) is 45.7. The monoisotopic (exact) mass is 457 g/mol. The van der Waals surface area contributed by atoms with E-state index >= 15 is 0 Å². The quantitative estimate of drug-likeness (QED) is 0.241.